The van der Waals surface area contributed by atoms with E-state index in [1.54, 1.807) is 24.6 Å². The Morgan fingerprint density at radius 1 is 0.719 bits per heavy atom. The van der Waals surface area contributed by atoms with Crippen LogP contribution in [-0.2, 0) is 12.8 Å². The van der Waals surface area contributed by atoms with Crippen molar-refractivity contribution < 1.29 is 10.2 Å². The number of nitrogens with zero attached hydrogens (tertiary/aromatic N) is 3. The summed E-state index contributed by atoms with van der Waals surface area (Å²) in [6, 6.07) is 16.8. The Hall–Kier alpha value is -3.47. The van der Waals surface area contributed by atoms with E-state index in [1.807, 2.05) is 36.4 Å². The highest BCUT2D eigenvalue weighted by molar-refractivity contribution is 5.84. The molecule has 2 N–H and O–H groups in total. The lowest BCUT2D eigenvalue weighted by Crippen LogP contribution is -2.18. The zero-order valence-electron chi connectivity index (χ0n) is 18.0. The smallest absolute Gasteiger partial charge is 0.124 e. The van der Waals surface area contributed by atoms with Crippen LogP contribution in [0.4, 0.5) is 0 Å². The summed E-state index contributed by atoms with van der Waals surface area (Å²) < 4.78 is 0. The van der Waals surface area contributed by atoms with Crippen LogP contribution >= 0.6 is 0 Å². The van der Waals surface area contributed by atoms with Gasteiger partial charge in [-0.1, -0.05) is 30.3 Å². The standard InChI is InChI=1S/C27H27N3O2/c31-24-13-3-1-7-20(24)16-28-22-11-5-9-18-15-19-10-6-12-23(27(19)30-26(18)22)29-17-21-8-2-4-14-25(21)32/h1-4,7-8,13-17,22-23,31-32H,5-6,9-12H2/t22-,23?/m1/s1. The fraction of sp³-hybridized carbons (Fsp3) is 0.296. The van der Waals surface area contributed by atoms with E-state index in [9.17, 15) is 10.2 Å². The van der Waals surface area contributed by atoms with Crippen molar-refractivity contribution in [3.05, 3.63) is 88.2 Å². The highest BCUT2D eigenvalue weighted by Gasteiger charge is 2.27. The molecule has 5 nitrogen and oxygen atoms in total. The molecule has 0 saturated heterocycles. The highest BCUT2D eigenvalue weighted by Crippen LogP contribution is 2.38. The summed E-state index contributed by atoms with van der Waals surface area (Å²) in [5.41, 5.74) is 6.13. The van der Waals surface area contributed by atoms with Crippen LogP contribution < -0.4 is 0 Å². The number of phenols is 2. The number of pyridine rings is 1. The summed E-state index contributed by atoms with van der Waals surface area (Å²) in [5, 5.41) is 20.1. The highest BCUT2D eigenvalue weighted by atomic mass is 16.3. The Morgan fingerprint density at radius 3 is 1.66 bits per heavy atom. The fourth-order valence-corrected chi connectivity index (χ4v) is 4.68. The van der Waals surface area contributed by atoms with Gasteiger partial charge in [0.1, 0.15) is 11.5 Å². The van der Waals surface area contributed by atoms with Crippen LogP contribution in [-0.4, -0.2) is 27.6 Å². The largest absolute Gasteiger partial charge is 0.507 e. The summed E-state index contributed by atoms with van der Waals surface area (Å²) in [6.45, 7) is 0. The maximum atomic E-state index is 10.1. The molecule has 0 fully saturated rings. The van der Waals surface area contributed by atoms with Crippen molar-refractivity contribution in [2.24, 2.45) is 9.98 Å². The van der Waals surface area contributed by atoms with Gasteiger partial charge >= 0.3 is 0 Å². The molecular formula is C27H27N3O2. The number of hydrogen-bond acceptors (Lipinski definition) is 5. The summed E-state index contributed by atoms with van der Waals surface area (Å²) >= 11 is 0. The molecule has 5 rings (SSSR count). The molecule has 2 aliphatic carbocycles. The third-order valence-electron chi connectivity index (χ3n) is 6.39. The van der Waals surface area contributed by atoms with Crippen LogP contribution in [0.1, 0.15) is 71.4 Å². The van der Waals surface area contributed by atoms with E-state index in [-0.39, 0.29) is 23.6 Å². The SMILES string of the molecule is Oc1ccccc1C=NC1CCCc2cc3c(nc21)[C@H](N=Cc1ccccc1O)CCC3. The van der Waals surface area contributed by atoms with Gasteiger partial charge in [0.15, 0.2) is 0 Å². The molecule has 0 bridgehead atoms. The van der Waals surface area contributed by atoms with Crippen molar-refractivity contribution in [2.75, 3.05) is 0 Å². The Bertz CT molecular complexity index is 1100. The molecule has 2 aromatic carbocycles. The van der Waals surface area contributed by atoms with E-state index in [1.165, 1.54) is 11.1 Å². The first-order valence-electron chi connectivity index (χ1n) is 11.3. The molecule has 0 radical (unpaired) electrons. The number of aromatic hydroxyl groups is 2. The van der Waals surface area contributed by atoms with Crippen molar-refractivity contribution >= 4 is 12.4 Å². The lowest BCUT2D eigenvalue weighted by atomic mass is 9.85. The second-order valence-electron chi connectivity index (χ2n) is 8.57. The minimum absolute atomic E-state index is 0.00613. The number of para-hydroxylation sites is 2. The first-order valence-corrected chi connectivity index (χ1v) is 11.3. The normalized spacial score (nSPS) is 20.4. The van der Waals surface area contributed by atoms with Crippen LogP contribution in [0.15, 0.2) is 64.6 Å². The van der Waals surface area contributed by atoms with Gasteiger partial charge in [0, 0.05) is 23.6 Å². The second kappa shape index (κ2) is 8.95. The molecule has 1 heterocycles. The number of hydrogen-bond donors (Lipinski definition) is 2. The summed E-state index contributed by atoms with van der Waals surface area (Å²) in [6.07, 6.45) is 9.68. The maximum Gasteiger partial charge on any atom is 0.124 e. The van der Waals surface area contributed by atoms with Gasteiger partial charge in [-0.25, -0.2) is 0 Å². The van der Waals surface area contributed by atoms with Gasteiger partial charge in [-0.2, -0.15) is 0 Å². The van der Waals surface area contributed by atoms with Gasteiger partial charge in [0.25, 0.3) is 0 Å². The lowest BCUT2D eigenvalue weighted by molar-refractivity contribution is 0.474. The molecule has 5 heteroatoms. The Morgan fingerprint density at radius 2 is 1.19 bits per heavy atom. The molecule has 0 aliphatic heterocycles. The summed E-state index contributed by atoms with van der Waals surface area (Å²) in [7, 11) is 0. The number of rotatable bonds is 4. The van der Waals surface area contributed by atoms with E-state index in [0.29, 0.717) is 0 Å². The van der Waals surface area contributed by atoms with Gasteiger partial charge in [0.05, 0.1) is 23.5 Å². The van der Waals surface area contributed by atoms with Crippen LogP contribution in [0.25, 0.3) is 0 Å². The van der Waals surface area contributed by atoms with E-state index >= 15 is 0 Å². The second-order valence-corrected chi connectivity index (χ2v) is 8.57. The van der Waals surface area contributed by atoms with E-state index in [0.717, 1.165) is 61.0 Å². The van der Waals surface area contributed by atoms with Gasteiger partial charge in [-0.3, -0.25) is 15.0 Å². The molecule has 2 atom stereocenters. The van der Waals surface area contributed by atoms with Crippen LogP contribution in [0.3, 0.4) is 0 Å². The molecule has 162 valence electrons. The number of fused-ring (bicyclic) bond motifs is 2. The number of phenolic OH excluding ortho intramolecular Hbond substituents is 2. The van der Waals surface area contributed by atoms with Crippen LogP contribution in [0, 0.1) is 0 Å². The predicted octanol–water partition coefficient (Wildman–Crippen LogP) is 5.49. The molecule has 3 aromatic rings. The van der Waals surface area contributed by atoms with Crippen molar-refractivity contribution in [1.29, 1.82) is 0 Å². The molecule has 2 aliphatic rings. The van der Waals surface area contributed by atoms with Crippen LogP contribution in [0.5, 0.6) is 11.5 Å². The Labute approximate surface area is 188 Å². The van der Waals surface area contributed by atoms with E-state index in [2.05, 4.69) is 6.07 Å². The minimum atomic E-state index is -0.00613. The predicted molar refractivity (Wildman–Crippen MR) is 127 cm³/mol. The lowest BCUT2D eigenvalue weighted by Gasteiger charge is -2.28. The van der Waals surface area contributed by atoms with E-state index in [4.69, 9.17) is 15.0 Å². The Kier molecular flexibility index (Phi) is 5.71. The quantitative estimate of drug-likeness (QED) is 0.543. The van der Waals surface area contributed by atoms with Crippen LogP contribution in [0.2, 0.25) is 0 Å². The third-order valence-corrected chi connectivity index (χ3v) is 6.39. The molecule has 1 unspecified atom stereocenters. The van der Waals surface area contributed by atoms with Gasteiger partial charge in [-0.15, -0.1) is 0 Å². The van der Waals surface area contributed by atoms with Gasteiger partial charge < -0.3 is 10.2 Å². The molecule has 1 aromatic heterocycles. The first-order chi connectivity index (χ1) is 15.7. The summed E-state index contributed by atoms with van der Waals surface area (Å²) in [4.78, 5) is 14.8. The number of aryl methyl sites for hydroxylation is 2. The van der Waals surface area contributed by atoms with Crippen molar-refractivity contribution in [2.45, 2.75) is 50.6 Å². The van der Waals surface area contributed by atoms with Gasteiger partial charge in [0.2, 0.25) is 0 Å². The van der Waals surface area contributed by atoms with E-state index < -0.39 is 0 Å². The maximum absolute atomic E-state index is 10.1. The Balaban J connectivity index is 1.46. The van der Waals surface area contributed by atoms with Crippen molar-refractivity contribution in [3.8, 4) is 11.5 Å². The monoisotopic (exact) mass is 425 g/mol. The summed E-state index contributed by atoms with van der Waals surface area (Å²) in [5.74, 6) is 0.480. The molecule has 32 heavy (non-hydrogen) atoms. The van der Waals surface area contributed by atoms with Crippen molar-refractivity contribution in [3.63, 3.8) is 0 Å². The molecule has 0 saturated carbocycles. The van der Waals surface area contributed by atoms with Crippen molar-refractivity contribution in [1.82, 2.24) is 4.98 Å². The molecule has 0 amide bonds. The first kappa shape index (κ1) is 20.4. The molecular weight excluding hydrogens is 398 g/mol. The number of benzene rings is 2. The molecule has 0 spiro atoms. The third kappa shape index (κ3) is 4.15. The average Bonchev–Trinajstić information content (AvgIpc) is 2.82. The minimum Gasteiger partial charge on any atom is -0.507 e. The number of aliphatic imine (C=N–C) groups is 2. The fourth-order valence-electron chi connectivity index (χ4n) is 4.68. The average molecular weight is 426 g/mol. The van der Waals surface area contributed by atoms with Gasteiger partial charge in [-0.05, 0) is 73.9 Å². The number of aromatic nitrogens is 1. The zero-order valence-corrected chi connectivity index (χ0v) is 18.0. The topological polar surface area (TPSA) is 78.1 Å². The zero-order chi connectivity index (χ0) is 21.9.